The largest absolute Gasteiger partial charge is 0.465 e. The number of carbonyl (C=O) groups is 2. The van der Waals surface area contributed by atoms with Gasteiger partial charge < -0.3 is 9.64 Å². The minimum Gasteiger partial charge on any atom is -0.465 e. The molecule has 0 spiro atoms. The molecule has 0 radical (unpaired) electrons. The highest BCUT2D eigenvalue weighted by Crippen LogP contribution is 2.32. The molecule has 0 N–H and O–H groups in total. The second-order valence-corrected chi connectivity index (χ2v) is 6.23. The number of carbonyl (C=O) groups excluding carboxylic acids is 2. The summed E-state index contributed by atoms with van der Waals surface area (Å²) in [5.74, 6) is -0.447. The first-order chi connectivity index (χ1) is 12.7. The van der Waals surface area contributed by atoms with Gasteiger partial charge in [-0.2, -0.15) is 0 Å². The highest BCUT2D eigenvalue weighted by molar-refractivity contribution is 6.14. The molecule has 0 unspecified atom stereocenters. The first kappa shape index (κ1) is 16.3. The number of esters is 1. The van der Waals surface area contributed by atoms with E-state index in [4.69, 9.17) is 4.74 Å². The summed E-state index contributed by atoms with van der Waals surface area (Å²) < 4.78 is 4.89. The summed E-state index contributed by atoms with van der Waals surface area (Å²) in [6, 6.07) is 14.8. The molecule has 4 rings (SSSR count). The Morgan fingerprint density at radius 2 is 1.88 bits per heavy atom. The van der Waals surface area contributed by atoms with Crippen molar-refractivity contribution in [2.45, 2.75) is 12.8 Å². The smallest absolute Gasteiger partial charge is 0.338 e. The van der Waals surface area contributed by atoms with E-state index in [9.17, 15) is 9.59 Å². The van der Waals surface area contributed by atoms with Gasteiger partial charge in [0.05, 0.1) is 23.8 Å². The van der Waals surface area contributed by atoms with Crippen molar-refractivity contribution in [2.75, 3.05) is 18.6 Å². The van der Waals surface area contributed by atoms with Crippen molar-refractivity contribution in [1.82, 2.24) is 4.98 Å². The maximum atomic E-state index is 13.3. The van der Waals surface area contributed by atoms with E-state index in [1.165, 1.54) is 7.11 Å². The van der Waals surface area contributed by atoms with E-state index in [1.54, 1.807) is 29.3 Å². The lowest BCUT2D eigenvalue weighted by Crippen LogP contribution is -2.36. The molecule has 1 aliphatic heterocycles. The number of nitrogens with zero attached hydrogens (tertiary/aromatic N) is 2. The van der Waals surface area contributed by atoms with E-state index in [2.05, 4.69) is 4.98 Å². The number of rotatable bonds is 2. The SMILES string of the molecule is COC(=O)c1cccc2c1CCCN2C(=O)c1ccnc2ccccc12. The number of methoxy groups -OCH3 is 1. The third-order valence-corrected chi connectivity index (χ3v) is 4.78. The van der Waals surface area contributed by atoms with Gasteiger partial charge in [-0.25, -0.2) is 4.79 Å². The van der Waals surface area contributed by atoms with E-state index >= 15 is 0 Å². The summed E-state index contributed by atoms with van der Waals surface area (Å²) in [4.78, 5) is 31.5. The molecule has 2 heterocycles. The van der Waals surface area contributed by atoms with E-state index in [-0.39, 0.29) is 11.9 Å². The van der Waals surface area contributed by atoms with E-state index in [1.807, 2.05) is 30.3 Å². The molecule has 0 aliphatic carbocycles. The van der Waals surface area contributed by atoms with Gasteiger partial charge in [-0.05, 0) is 42.7 Å². The van der Waals surface area contributed by atoms with E-state index in [0.717, 1.165) is 35.0 Å². The fraction of sp³-hybridized carbons (Fsp3) is 0.190. The van der Waals surface area contributed by atoms with Crippen molar-refractivity contribution in [1.29, 1.82) is 0 Å². The Balaban J connectivity index is 1.81. The summed E-state index contributed by atoms with van der Waals surface area (Å²) in [5, 5.41) is 0.830. The Morgan fingerprint density at radius 3 is 2.73 bits per heavy atom. The number of pyridine rings is 1. The van der Waals surface area contributed by atoms with Crippen LogP contribution in [0.3, 0.4) is 0 Å². The Morgan fingerprint density at radius 1 is 1.04 bits per heavy atom. The van der Waals surface area contributed by atoms with Crippen molar-refractivity contribution in [2.24, 2.45) is 0 Å². The molecule has 2 aromatic carbocycles. The fourth-order valence-corrected chi connectivity index (χ4v) is 3.56. The number of aromatic nitrogens is 1. The average Bonchev–Trinajstić information content (AvgIpc) is 2.71. The quantitative estimate of drug-likeness (QED) is 0.665. The topological polar surface area (TPSA) is 59.5 Å². The van der Waals surface area contributed by atoms with Crippen LogP contribution in [0.2, 0.25) is 0 Å². The highest BCUT2D eigenvalue weighted by Gasteiger charge is 2.27. The zero-order valence-corrected chi connectivity index (χ0v) is 14.4. The van der Waals surface area contributed by atoms with Gasteiger partial charge in [0.2, 0.25) is 0 Å². The predicted molar refractivity (Wildman–Crippen MR) is 99.5 cm³/mol. The van der Waals surface area contributed by atoms with Crippen LogP contribution in [0.15, 0.2) is 54.7 Å². The van der Waals surface area contributed by atoms with Crippen molar-refractivity contribution in [3.05, 3.63) is 71.4 Å². The number of para-hydroxylation sites is 1. The van der Waals surface area contributed by atoms with Gasteiger partial charge in [0.1, 0.15) is 0 Å². The second-order valence-electron chi connectivity index (χ2n) is 6.23. The maximum absolute atomic E-state index is 13.3. The molecule has 0 fully saturated rings. The van der Waals surface area contributed by atoms with Gasteiger partial charge in [-0.15, -0.1) is 0 Å². The number of benzene rings is 2. The molecule has 0 atom stereocenters. The van der Waals surface area contributed by atoms with Crippen LogP contribution in [0, 0.1) is 0 Å². The number of hydrogen-bond acceptors (Lipinski definition) is 4. The molecule has 1 aromatic heterocycles. The van der Waals surface area contributed by atoms with E-state index in [0.29, 0.717) is 17.7 Å². The lowest BCUT2D eigenvalue weighted by Gasteiger charge is -2.30. The van der Waals surface area contributed by atoms with Crippen molar-refractivity contribution in [3.8, 4) is 0 Å². The van der Waals surface area contributed by atoms with Crippen molar-refractivity contribution < 1.29 is 14.3 Å². The van der Waals surface area contributed by atoms with Crippen molar-refractivity contribution >= 4 is 28.5 Å². The molecule has 130 valence electrons. The van der Waals surface area contributed by atoms with Crippen LogP contribution in [0.4, 0.5) is 5.69 Å². The van der Waals surface area contributed by atoms with Gasteiger partial charge in [0.15, 0.2) is 0 Å². The normalized spacial score (nSPS) is 13.3. The van der Waals surface area contributed by atoms with Gasteiger partial charge >= 0.3 is 5.97 Å². The lowest BCUT2D eigenvalue weighted by atomic mass is 9.95. The molecule has 0 saturated heterocycles. The molecular weight excluding hydrogens is 328 g/mol. The second kappa shape index (κ2) is 6.59. The van der Waals surface area contributed by atoms with Crippen LogP contribution in [-0.4, -0.2) is 30.5 Å². The van der Waals surface area contributed by atoms with Gasteiger partial charge in [-0.1, -0.05) is 24.3 Å². The Kier molecular flexibility index (Phi) is 4.13. The lowest BCUT2D eigenvalue weighted by molar-refractivity contribution is 0.0599. The number of amides is 1. The van der Waals surface area contributed by atoms with Crippen LogP contribution in [0.25, 0.3) is 10.9 Å². The van der Waals surface area contributed by atoms with E-state index < -0.39 is 0 Å². The molecule has 5 heteroatoms. The zero-order chi connectivity index (χ0) is 18.1. The summed E-state index contributed by atoms with van der Waals surface area (Å²) in [5.41, 5.74) is 3.59. The molecule has 3 aromatic rings. The molecule has 0 saturated carbocycles. The first-order valence-electron chi connectivity index (χ1n) is 8.56. The van der Waals surface area contributed by atoms with Crippen LogP contribution >= 0.6 is 0 Å². The van der Waals surface area contributed by atoms with Crippen LogP contribution in [0.1, 0.15) is 32.7 Å². The van der Waals surface area contributed by atoms with Gasteiger partial charge in [-0.3, -0.25) is 9.78 Å². The minimum absolute atomic E-state index is 0.0773. The number of fused-ring (bicyclic) bond motifs is 2. The summed E-state index contributed by atoms with van der Waals surface area (Å²) in [6.07, 6.45) is 3.21. The summed E-state index contributed by atoms with van der Waals surface area (Å²) >= 11 is 0. The number of hydrogen-bond donors (Lipinski definition) is 0. The number of ether oxygens (including phenoxy) is 1. The molecular formula is C21H18N2O3. The standard InChI is InChI=1S/C21H18N2O3/c1-26-21(25)17-7-4-10-19-15(17)8-5-13-23(19)20(24)16-11-12-22-18-9-3-2-6-14(16)18/h2-4,6-7,9-12H,5,8,13H2,1H3. The van der Waals surface area contributed by atoms with Gasteiger partial charge in [0, 0.05) is 23.8 Å². The van der Waals surface area contributed by atoms with Crippen molar-refractivity contribution in [3.63, 3.8) is 0 Å². The van der Waals surface area contributed by atoms with Crippen LogP contribution in [0.5, 0.6) is 0 Å². The Bertz CT molecular complexity index is 1010. The highest BCUT2D eigenvalue weighted by atomic mass is 16.5. The Labute approximate surface area is 151 Å². The number of anilines is 1. The first-order valence-corrected chi connectivity index (χ1v) is 8.56. The summed E-state index contributed by atoms with van der Waals surface area (Å²) in [7, 11) is 1.37. The molecule has 1 amide bonds. The summed E-state index contributed by atoms with van der Waals surface area (Å²) in [6.45, 7) is 0.618. The average molecular weight is 346 g/mol. The van der Waals surface area contributed by atoms with Crippen LogP contribution < -0.4 is 4.90 Å². The monoisotopic (exact) mass is 346 g/mol. The Hall–Kier alpha value is -3.21. The molecule has 26 heavy (non-hydrogen) atoms. The van der Waals surface area contributed by atoms with Crippen LogP contribution in [-0.2, 0) is 11.2 Å². The molecule has 1 aliphatic rings. The third kappa shape index (κ3) is 2.62. The third-order valence-electron chi connectivity index (χ3n) is 4.78. The molecule has 0 bridgehead atoms. The molecule has 5 nitrogen and oxygen atoms in total. The minimum atomic E-state index is -0.370. The fourth-order valence-electron chi connectivity index (χ4n) is 3.56. The maximum Gasteiger partial charge on any atom is 0.338 e. The zero-order valence-electron chi connectivity index (χ0n) is 14.4. The predicted octanol–water partition coefficient (Wildman–Crippen LogP) is 3.61. The van der Waals surface area contributed by atoms with Gasteiger partial charge in [0.25, 0.3) is 5.91 Å².